The Kier molecular flexibility index (Phi) is 6.31. The molecule has 0 spiro atoms. The van der Waals surface area contributed by atoms with Crippen molar-refractivity contribution >= 4 is 5.91 Å². The van der Waals surface area contributed by atoms with Gasteiger partial charge in [0.1, 0.15) is 0 Å². The van der Waals surface area contributed by atoms with Gasteiger partial charge in [-0.1, -0.05) is 27.2 Å². The quantitative estimate of drug-likeness (QED) is 0.642. The largest absolute Gasteiger partial charge is 0.493 e. The fourth-order valence-electron chi connectivity index (χ4n) is 2.59. The second-order valence-corrected chi connectivity index (χ2v) is 6.65. The van der Waals surface area contributed by atoms with Crippen molar-refractivity contribution in [1.29, 1.82) is 0 Å². The zero-order valence-corrected chi connectivity index (χ0v) is 14.8. The number of hydrogen-bond donors (Lipinski definition) is 0. The van der Waals surface area contributed by atoms with Crippen molar-refractivity contribution in [2.45, 2.75) is 52.5 Å². The lowest BCUT2D eigenvalue weighted by molar-refractivity contribution is 0.0722. The second kappa shape index (κ2) is 8.23. The molecule has 1 fully saturated rings. The Morgan fingerprint density at radius 2 is 2.04 bits per heavy atom. The Balaban J connectivity index is 2.13. The molecule has 0 radical (unpaired) electrons. The van der Waals surface area contributed by atoms with Crippen LogP contribution in [0.5, 0.6) is 11.5 Å². The Hall–Kier alpha value is -1.71. The number of benzene rings is 1. The number of hydrogen-bond acceptors (Lipinski definition) is 3. The molecule has 1 aliphatic rings. The molecule has 0 N–H and O–H groups in total. The van der Waals surface area contributed by atoms with Crippen LogP contribution in [0.3, 0.4) is 0 Å². The zero-order chi connectivity index (χ0) is 16.8. The first kappa shape index (κ1) is 17.6. The summed E-state index contributed by atoms with van der Waals surface area (Å²) in [5, 5.41) is 0. The van der Waals surface area contributed by atoms with E-state index in [2.05, 4.69) is 20.8 Å². The SMILES string of the molecule is CCCCOc1ccc(C(=O)N(CC(C)C)C2CC2)cc1OC. The van der Waals surface area contributed by atoms with Crippen LogP contribution in [0.25, 0.3) is 0 Å². The van der Waals surface area contributed by atoms with E-state index in [4.69, 9.17) is 9.47 Å². The van der Waals surface area contributed by atoms with Gasteiger partial charge in [0.2, 0.25) is 0 Å². The highest BCUT2D eigenvalue weighted by Gasteiger charge is 2.33. The smallest absolute Gasteiger partial charge is 0.254 e. The molecule has 1 amide bonds. The number of carbonyl (C=O) groups is 1. The number of carbonyl (C=O) groups excluding carboxylic acids is 1. The molecule has 0 aliphatic heterocycles. The second-order valence-electron chi connectivity index (χ2n) is 6.65. The third-order valence-corrected chi connectivity index (χ3v) is 3.98. The minimum absolute atomic E-state index is 0.0969. The molecule has 1 aromatic rings. The summed E-state index contributed by atoms with van der Waals surface area (Å²) in [5.74, 6) is 1.91. The van der Waals surface area contributed by atoms with E-state index in [1.165, 1.54) is 0 Å². The molecule has 0 bridgehead atoms. The van der Waals surface area contributed by atoms with Crippen molar-refractivity contribution in [1.82, 2.24) is 4.90 Å². The van der Waals surface area contributed by atoms with E-state index in [0.29, 0.717) is 35.6 Å². The van der Waals surface area contributed by atoms with E-state index in [0.717, 1.165) is 32.2 Å². The van der Waals surface area contributed by atoms with E-state index >= 15 is 0 Å². The lowest BCUT2D eigenvalue weighted by Crippen LogP contribution is -2.36. The number of methoxy groups -OCH3 is 1. The van der Waals surface area contributed by atoms with Gasteiger partial charge in [-0.25, -0.2) is 0 Å². The van der Waals surface area contributed by atoms with Gasteiger partial charge in [0.05, 0.1) is 13.7 Å². The molecule has 4 heteroatoms. The molecule has 1 aromatic carbocycles. The molecular formula is C19H29NO3. The van der Waals surface area contributed by atoms with Gasteiger partial charge in [0.15, 0.2) is 11.5 Å². The van der Waals surface area contributed by atoms with E-state index in [9.17, 15) is 4.79 Å². The maximum Gasteiger partial charge on any atom is 0.254 e. The number of nitrogens with zero attached hydrogens (tertiary/aromatic N) is 1. The predicted molar refractivity (Wildman–Crippen MR) is 92.3 cm³/mol. The molecule has 2 rings (SSSR count). The highest BCUT2D eigenvalue weighted by Crippen LogP contribution is 2.32. The Bertz CT molecular complexity index is 523. The summed E-state index contributed by atoms with van der Waals surface area (Å²) in [5.41, 5.74) is 0.678. The third kappa shape index (κ3) is 4.88. The van der Waals surface area contributed by atoms with Crippen LogP contribution < -0.4 is 9.47 Å². The van der Waals surface area contributed by atoms with Crippen LogP contribution in [0, 0.1) is 5.92 Å². The first-order valence-electron chi connectivity index (χ1n) is 8.68. The van der Waals surface area contributed by atoms with Crippen LogP contribution in [0.1, 0.15) is 56.8 Å². The van der Waals surface area contributed by atoms with Crippen molar-refractivity contribution in [3.05, 3.63) is 23.8 Å². The summed E-state index contributed by atoms with van der Waals surface area (Å²) in [4.78, 5) is 14.8. The minimum atomic E-state index is 0.0969. The molecule has 4 nitrogen and oxygen atoms in total. The average molecular weight is 319 g/mol. The summed E-state index contributed by atoms with van der Waals surface area (Å²) in [6.07, 6.45) is 4.33. The highest BCUT2D eigenvalue weighted by molar-refractivity contribution is 5.95. The molecule has 1 saturated carbocycles. The van der Waals surface area contributed by atoms with Crippen molar-refractivity contribution in [2.24, 2.45) is 5.92 Å². The predicted octanol–water partition coefficient (Wildman–Crippen LogP) is 4.13. The van der Waals surface area contributed by atoms with Gasteiger partial charge < -0.3 is 14.4 Å². The molecule has 23 heavy (non-hydrogen) atoms. The number of unbranched alkanes of at least 4 members (excludes halogenated alkanes) is 1. The summed E-state index contributed by atoms with van der Waals surface area (Å²) < 4.78 is 11.1. The Morgan fingerprint density at radius 1 is 1.30 bits per heavy atom. The summed E-state index contributed by atoms with van der Waals surface area (Å²) >= 11 is 0. The van der Waals surface area contributed by atoms with Crippen molar-refractivity contribution < 1.29 is 14.3 Å². The van der Waals surface area contributed by atoms with Crippen LogP contribution in [-0.4, -0.2) is 37.1 Å². The lowest BCUT2D eigenvalue weighted by Gasteiger charge is -2.25. The molecular weight excluding hydrogens is 290 g/mol. The molecule has 0 heterocycles. The number of ether oxygens (including phenoxy) is 2. The van der Waals surface area contributed by atoms with E-state index < -0.39 is 0 Å². The van der Waals surface area contributed by atoms with Crippen LogP contribution in [0.15, 0.2) is 18.2 Å². The van der Waals surface area contributed by atoms with Gasteiger partial charge >= 0.3 is 0 Å². The van der Waals surface area contributed by atoms with Gasteiger partial charge in [-0.05, 0) is 43.4 Å². The van der Waals surface area contributed by atoms with Crippen molar-refractivity contribution in [3.63, 3.8) is 0 Å². The number of rotatable bonds is 9. The fraction of sp³-hybridized carbons (Fsp3) is 0.632. The molecule has 0 atom stereocenters. The van der Waals surface area contributed by atoms with Gasteiger partial charge in [0.25, 0.3) is 5.91 Å². The fourth-order valence-corrected chi connectivity index (χ4v) is 2.59. The van der Waals surface area contributed by atoms with E-state index in [1.54, 1.807) is 13.2 Å². The molecule has 1 aliphatic carbocycles. The molecule has 128 valence electrons. The molecule has 0 saturated heterocycles. The first-order chi connectivity index (χ1) is 11.1. The lowest BCUT2D eigenvalue weighted by atomic mass is 10.1. The normalized spacial score (nSPS) is 14.0. The monoisotopic (exact) mass is 319 g/mol. The summed E-state index contributed by atoms with van der Waals surface area (Å²) in [6.45, 7) is 7.90. The molecule has 0 aromatic heterocycles. The van der Waals surface area contributed by atoms with E-state index in [-0.39, 0.29) is 5.91 Å². The summed E-state index contributed by atoms with van der Waals surface area (Å²) in [7, 11) is 1.61. The molecule has 0 unspecified atom stereocenters. The highest BCUT2D eigenvalue weighted by atomic mass is 16.5. The maximum atomic E-state index is 12.8. The average Bonchev–Trinajstić information content (AvgIpc) is 3.37. The maximum absolute atomic E-state index is 12.8. The minimum Gasteiger partial charge on any atom is -0.493 e. The van der Waals surface area contributed by atoms with Crippen LogP contribution in [-0.2, 0) is 0 Å². The topological polar surface area (TPSA) is 38.8 Å². The van der Waals surface area contributed by atoms with Crippen LogP contribution >= 0.6 is 0 Å². The zero-order valence-electron chi connectivity index (χ0n) is 14.8. The number of amides is 1. The summed E-state index contributed by atoms with van der Waals surface area (Å²) in [6, 6.07) is 5.92. The third-order valence-electron chi connectivity index (χ3n) is 3.98. The van der Waals surface area contributed by atoms with E-state index in [1.807, 2.05) is 17.0 Å². The van der Waals surface area contributed by atoms with Gasteiger partial charge in [-0.3, -0.25) is 4.79 Å². The van der Waals surface area contributed by atoms with Gasteiger partial charge in [-0.15, -0.1) is 0 Å². The van der Waals surface area contributed by atoms with Crippen molar-refractivity contribution in [3.8, 4) is 11.5 Å². The van der Waals surface area contributed by atoms with Crippen molar-refractivity contribution in [2.75, 3.05) is 20.3 Å². The van der Waals surface area contributed by atoms with Gasteiger partial charge in [-0.2, -0.15) is 0 Å². The Labute approximate surface area is 139 Å². The van der Waals surface area contributed by atoms with Gasteiger partial charge in [0, 0.05) is 18.2 Å². The standard InChI is InChI=1S/C19H29NO3/c1-5-6-11-23-17-10-7-15(12-18(17)22-4)19(21)20(13-14(2)3)16-8-9-16/h7,10,12,14,16H,5-6,8-9,11,13H2,1-4H3. The van der Waals surface area contributed by atoms with Crippen LogP contribution in [0.4, 0.5) is 0 Å². The first-order valence-corrected chi connectivity index (χ1v) is 8.68. The van der Waals surface area contributed by atoms with Crippen LogP contribution in [0.2, 0.25) is 0 Å². The Morgan fingerprint density at radius 3 is 2.61 bits per heavy atom.